The molecule has 0 saturated carbocycles. The van der Waals surface area contributed by atoms with Crippen LogP contribution in [0.5, 0.6) is 0 Å². The monoisotopic (exact) mass is 381 g/mol. The Kier molecular flexibility index (Phi) is 4.30. The number of anilines is 1. The topological polar surface area (TPSA) is 67.5 Å². The number of aryl methyl sites for hydroxylation is 1. The van der Waals surface area contributed by atoms with E-state index in [-0.39, 0.29) is 23.4 Å². The zero-order chi connectivity index (χ0) is 19.9. The number of benzene rings is 2. The summed E-state index contributed by atoms with van der Waals surface area (Å²) in [6.45, 7) is 3.04. The van der Waals surface area contributed by atoms with Crippen LogP contribution in [0.15, 0.2) is 51.9 Å². The third-order valence-electron chi connectivity index (χ3n) is 4.62. The molecule has 0 bridgehead atoms. The van der Waals surface area contributed by atoms with E-state index in [1.807, 2.05) is 18.2 Å². The summed E-state index contributed by atoms with van der Waals surface area (Å²) in [4.78, 5) is 21.0. The van der Waals surface area contributed by atoms with E-state index in [0.717, 1.165) is 11.3 Å². The maximum atomic E-state index is 13.9. The average molecular weight is 381 g/mol. The van der Waals surface area contributed by atoms with E-state index in [0.29, 0.717) is 17.2 Å². The Morgan fingerprint density at radius 3 is 2.71 bits per heavy atom. The summed E-state index contributed by atoms with van der Waals surface area (Å²) >= 11 is 0. The largest absolute Gasteiger partial charge is 0.441 e. The van der Waals surface area contributed by atoms with Gasteiger partial charge in [0.15, 0.2) is 5.69 Å². The van der Waals surface area contributed by atoms with Gasteiger partial charge in [0.25, 0.3) is 11.8 Å². The number of carbonyl (C=O) groups is 1. The first kappa shape index (κ1) is 18.0. The van der Waals surface area contributed by atoms with Crippen LogP contribution in [0.1, 0.15) is 40.7 Å². The van der Waals surface area contributed by atoms with Gasteiger partial charge in [0.1, 0.15) is 5.76 Å². The fourth-order valence-corrected chi connectivity index (χ4v) is 2.92. The van der Waals surface area contributed by atoms with Gasteiger partial charge in [-0.2, -0.15) is 0 Å². The maximum Gasteiger partial charge on any atom is 0.277 e. The van der Waals surface area contributed by atoms with Gasteiger partial charge in [-0.1, -0.05) is 25.1 Å². The molecule has 0 aliphatic carbocycles. The molecular formula is C21H17F2N3O2. The summed E-state index contributed by atoms with van der Waals surface area (Å²) < 4.78 is 33.4. The van der Waals surface area contributed by atoms with Gasteiger partial charge < -0.3 is 9.73 Å². The van der Waals surface area contributed by atoms with E-state index in [1.165, 1.54) is 25.1 Å². The molecule has 5 nitrogen and oxygen atoms in total. The molecule has 1 aliphatic rings. The van der Waals surface area contributed by atoms with Gasteiger partial charge in [-0.25, -0.2) is 13.8 Å². The van der Waals surface area contributed by atoms with Gasteiger partial charge in [-0.05, 0) is 31.2 Å². The molecule has 0 radical (unpaired) electrons. The number of hydrogen-bond donors (Lipinski definition) is 1. The summed E-state index contributed by atoms with van der Waals surface area (Å²) in [6, 6.07) is 11.2. The first-order valence-corrected chi connectivity index (χ1v) is 8.83. The molecule has 1 amide bonds. The fraction of sp³-hybridized carbons (Fsp3) is 0.190. The summed E-state index contributed by atoms with van der Waals surface area (Å²) in [5, 5.41) is 2.61. The van der Waals surface area contributed by atoms with Gasteiger partial charge in [-0.15, -0.1) is 0 Å². The Bertz CT molecular complexity index is 1100. The van der Waals surface area contributed by atoms with Gasteiger partial charge in [0.05, 0.1) is 5.69 Å². The lowest BCUT2D eigenvalue weighted by molar-refractivity contribution is -0.00824. The Labute approximate surface area is 160 Å². The highest BCUT2D eigenvalue weighted by Gasteiger charge is 2.29. The number of hydrogen-bond acceptors (Lipinski definition) is 4. The number of nitrogens with zero attached hydrogens (tertiary/aromatic N) is 2. The van der Waals surface area contributed by atoms with E-state index in [9.17, 15) is 13.6 Å². The third kappa shape index (κ3) is 3.19. The molecule has 4 rings (SSSR count). The van der Waals surface area contributed by atoms with E-state index in [1.54, 1.807) is 19.2 Å². The van der Waals surface area contributed by atoms with Crippen LogP contribution in [0.2, 0.25) is 0 Å². The Hall–Kier alpha value is -3.35. The van der Waals surface area contributed by atoms with Crippen molar-refractivity contribution >= 4 is 23.5 Å². The molecule has 0 unspecified atom stereocenters. The Balaban J connectivity index is 1.57. The number of alkyl halides is 2. The van der Waals surface area contributed by atoms with Crippen molar-refractivity contribution in [3.63, 3.8) is 0 Å². The molecule has 1 aliphatic heterocycles. The van der Waals surface area contributed by atoms with Crippen molar-refractivity contribution in [3.8, 4) is 11.5 Å². The average Bonchev–Trinajstić information content (AvgIpc) is 3.05. The molecule has 1 aromatic heterocycles. The van der Waals surface area contributed by atoms with Crippen molar-refractivity contribution < 1.29 is 18.0 Å². The van der Waals surface area contributed by atoms with Gasteiger partial charge in [0.2, 0.25) is 5.89 Å². The summed E-state index contributed by atoms with van der Waals surface area (Å²) in [5.41, 5.74) is 2.82. The molecule has 0 fully saturated rings. The first-order valence-electron chi connectivity index (χ1n) is 8.83. The summed E-state index contributed by atoms with van der Waals surface area (Å²) in [5.74, 6) is -2.83. The predicted octanol–water partition coefficient (Wildman–Crippen LogP) is 5.47. The molecule has 0 spiro atoms. The number of carbonyl (C=O) groups excluding carboxylic acids is 1. The minimum absolute atomic E-state index is 0.105. The second kappa shape index (κ2) is 6.67. The quantitative estimate of drug-likeness (QED) is 0.499. The summed E-state index contributed by atoms with van der Waals surface area (Å²) in [7, 11) is 0. The van der Waals surface area contributed by atoms with Crippen molar-refractivity contribution in [2.75, 3.05) is 5.32 Å². The minimum atomic E-state index is -2.95. The van der Waals surface area contributed by atoms with E-state index in [4.69, 9.17) is 4.42 Å². The lowest BCUT2D eigenvalue weighted by Crippen LogP contribution is -2.15. The number of aliphatic imine (C=N–C) groups is 1. The van der Waals surface area contributed by atoms with Crippen LogP contribution in [0.25, 0.3) is 11.5 Å². The fourth-order valence-electron chi connectivity index (χ4n) is 2.92. The van der Waals surface area contributed by atoms with Crippen molar-refractivity contribution in [1.29, 1.82) is 0 Å². The van der Waals surface area contributed by atoms with Crippen LogP contribution in [-0.2, 0) is 5.92 Å². The highest BCUT2D eigenvalue weighted by molar-refractivity contribution is 6.04. The number of rotatable bonds is 5. The van der Waals surface area contributed by atoms with E-state index in [2.05, 4.69) is 15.3 Å². The van der Waals surface area contributed by atoms with Crippen LogP contribution in [0.4, 0.5) is 20.2 Å². The molecule has 2 aromatic carbocycles. The molecule has 3 aromatic rings. The zero-order valence-corrected chi connectivity index (χ0v) is 15.3. The maximum absolute atomic E-state index is 13.9. The summed E-state index contributed by atoms with van der Waals surface area (Å²) in [6.07, 6.45) is 1.44. The second-order valence-corrected chi connectivity index (χ2v) is 6.55. The smallest absolute Gasteiger partial charge is 0.277 e. The lowest BCUT2D eigenvalue weighted by atomic mass is 10.1. The molecule has 0 saturated heterocycles. The van der Waals surface area contributed by atoms with Crippen LogP contribution in [0, 0.1) is 6.92 Å². The van der Waals surface area contributed by atoms with E-state index >= 15 is 0 Å². The first-order chi connectivity index (χ1) is 13.4. The van der Waals surface area contributed by atoms with Crippen LogP contribution >= 0.6 is 0 Å². The molecule has 7 heteroatoms. The SMILES string of the molecule is CCC(F)(F)c1cccc(NC(=O)c2nc(-c3ccc4c(c3)N=C4)oc2C)c1. The predicted molar refractivity (Wildman–Crippen MR) is 103 cm³/mol. The number of nitrogens with one attached hydrogen (secondary N) is 1. The highest BCUT2D eigenvalue weighted by Crippen LogP contribution is 2.33. The molecule has 0 atom stereocenters. The molecule has 1 N–H and O–H groups in total. The van der Waals surface area contributed by atoms with Crippen molar-refractivity contribution in [2.24, 2.45) is 4.99 Å². The van der Waals surface area contributed by atoms with Gasteiger partial charge in [0, 0.05) is 35.0 Å². The third-order valence-corrected chi connectivity index (χ3v) is 4.62. The number of oxazole rings is 1. The van der Waals surface area contributed by atoms with Gasteiger partial charge >= 0.3 is 0 Å². The standard InChI is InChI=1S/C21H17F2N3O2/c1-3-21(22,23)15-5-4-6-16(10-15)25-19(27)18-12(2)28-20(26-18)13-7-8-14-11-24-17(14)9-13/h4-11H,3H2,1-2H3,(H,25,27). The van der Waals surface area contributed by atoms with Crippen LogP contribution in [-0.4, -0.2) is 17.1 Å². The van der Waals surface area contributed by atoms with Crippen molar-refractivity contribution in [2.45, 2.75) is 26.2 Å². The zero-order valence-electron chi connectivity index (χ0n) is 15.3. The molecule has 2 heterocycles. The molecular weight excluding hydrogens is 364 g/mol. The Morgan fingerprint density at radius 2 is 2.04 bits per heavy atom. The highest BCUT2D eigenvalue weighted by atomic mass is 19.3. The Morgan fingerprint density at radius 1 is 1.21 bits per heavy atom. The van der Waals surface area contributed by atoms with E-state index < -0.39 is 11.8 Å². The number of fused-ring (bicyclic) bond motifs is 1. The van der Waals surface area contributed by atoms with Crippen molar-refractivity contribution in [1.82, 2.24) is 4.98 Å². The number of halogens is 2. The van der Waals surface area contributed by atoms with Crippen LogP contribution in [0.3, 0.4) is 0 Å². The number of amides is 1. The van der Waals surface area contributed by atoms with Crippen molar-refractivity contribution in [3.05, 3.63) is 65.0 Å². The minimum Gasteiger partial charge on any atom is -0.441 e. The second-order valence-electron chi connectivity index (χ2n) is 6.55. The van der Waals surface area contributed by atoms with Gasteiger partial charge in [-0.3, -0.25) is 9.79 Å². The molecule has 142 valence electrons. The molecule has 28 heavy (non-hydrogen) atoms. The van der Waals surface area contributed by atoms with Crippen LogP contribution < -0.4 is 5.32 Å². The number of aromatic nitrogens is 1. The normalized spacial score (nSPS) is 12.4. The lowest BCUT2D eigenvalue weighted by Gasteiger charge is -2.15.